The van der Waals surface area contributed by atoms with E-state index >= 15 is 4.79 Å². The van der Waals surface area contributed by atoms with Crippen LogP contribution in [0.15, 0.2) is 170 Å². The van der Waals surface area contributed by atoms with Crippen LogP contribution in [0.1, 0.15) is 74.9 Å². The van der Waals surface area contributed by atoms with Crippen LogP contribution in [0.5, 0.6) is 0 Å². The average Bonchev–Trinajstić information content (AvgIpc) is 3.44. The lowest BCUT2D eigenvalue weighted by atomic mass is 9.64. The highest BCUT2D eigenvalue weighted by Crippen LogP contribution is 2.48. The zero-order valence-corrected chi connectivity index (χ0v) is 30.1. The summed E-state index contributed by atoms with van der Waals surface area (Å²) < 4.78 is 0. The van der Waals surface area contributed by atoms with Gasteiger partial charge in [0.05, 0.1) is 27.8 Å². The van der Waals surface area contributed by atoms with Crippen LogP contribution < -0.4 is 4.90 Å². The van der Waals surface area contributed by atoms with Gasteiger partial charge in [-0.25, -0.2) is 0 Å². The molecular formula is C48H40N2O3. The molecule has 1 atom stereocenters. The molecule has 0 bridgehead atoms. The predicted molar refractivity (Wildman–Crippen MR) is 211 cm³/mol. The lowest BCUT2D eigenvalue weighted by Gasteiger charge is -2.45. The van der Waals surface area contributed by atoms with Crippen LogP contribution >= 0.6 is 0 Å². The number of allylic oxidation sites excluding steroid dienone is 1. The largest absolute Gasteiger partial charge is 0.301 e. The zero-order valence-electron chi connectivity index (χ0n) is 30.1. The molecule has 0 N–H and O–H groups in total. The van der Waals surface area contributed by atoms with E-state index in [2.05, 4.69) is 97.9 Å². The highest BCUT2D eigenvalue weighted by atomic mass is 16.2. The summed E-state index contributed by atoms with van der Waals surface area (Å²) >= 11 is 0. The highest BCUT2D eigenvalue weighted by molar-refractivity contribution is 6.23. The van der Waals surface area contributed by atoms with Gasteiger partial charge in [-0.05, 0) is 78.4 Å². The van der Waals surface area contributed by atoms with E-state index in [0.717, 1.165) is 44.6 Å². The molecule has 260 valence electrons. The summed E-state index contributed by atoms with van der Waals surface area (Å²) in [6.07, 6.45) is 2.31. The summed E-state index contributed by atoms with van der Waals surface area (Å²) in [5, 5.41) is 0. The van der Waals surface area contributed by atoms with Crippen molar-refractivity contribution in [2.45, 2.75) is 44.2 Å². The zero-order chi connectivity index (χ0) is 36.7. The first-order valence-electron chi connectivity index (χ1n) is 18.1. The second-order valence-electron chi connectivity index (χ2n) is 14.5. The Morgan fingerprint density at radius 1 is 0.585 bits per heavy atom. The Morgan fingerprint density at radius 3 is 1.53 bits per heavy atom. The molecule has 0 aliphatic carbocycles. The van der Waals surface area contributed by atoms with Crippen molar-refractivity contribution in [2.24, 2.45) is 0 Å². The van der Waals surface area contributed by atoms with Gasteiger partial charge in [-0.1, -0.05) is 146 Å². The Morgan fingerprint density at radius 2 is 1.04 bits per heavy atom. The molecular weight excluding hydrogens is 653 g/mol. The van der Waals surface area contributed by atoms with Crippen LogP contribution in [0.4, 0.5) is 5.69 Å². The molecule has 0 spiro atoms. The second-order valence-corrected chi connectivity index (χ2v) is 14.5. The van der Waals surface area contributed by atoms with Gasteiger partial charge in [0.1, 0.15) is 6.04 Å². The highest BCUT2D eigenvalue weighted by Gasteiger charge is 2.48. The molecule has 8 rings (SSSR count). The summed E-state index contributed by atoms with van der Waals surface area (Å²) in [5.74, 6) is -1.21. The predicted octanol–water partition coefficient (Wildman–Crippen LogP) is 9.51. The molecule has 6 aromatic carbocycles. The van der Waals surface area contributed by atoms with E-state index in [-0.39, 0.29) is 12.3 Å². The van der Waals surface area contributed by atoms with Gasteiger partial charge in [0.15, 0.2) is 0 Å². The average molecular weight is 693 g/mol. The SMILES string of the molecule is CC1=CC(C)(C)N(C(=O)[C@@H](Cc2ccccc2)N2C(=O)c3ccccc3C2=O)c2ccc(C(c3ccccc3)(c3ccccc3)c3ccccc3)cc21. The molecule has 2 aliphatic rings. The first-order valence-corrected chi connectivity index (χ1v) is 18.1. The summed E-state index contributed by atoms with van der Waals surface area (Å²) in [7, 11) is 0. The summed E-state index contributed by atoms with van der Waals surface area (Å²) in [5.41, 5.74) is 7.19. The fourth-order valence-corrected chi connectivity index (χ4v) is 8.50. The summed E-state index contributed by atoms with van der Waals surface area (Å²) in [6, 6.07) is 53.4. The standard InChI is InChI=1S/C48H40N2O3/c1-33-32-47(2,3)50(46(53)43(30-34-18-8-4-9-19-34)49-44(51)39-26-16-17-27-40(39)45(49)52)42-29-28-38(31-41(33)42)48(35-20-10-5-11-21-35,36-22-12-6-13-23-36)37-24-14-7-15-25-37/h4-29,31-32,43H,30H2,1-3H3/t43-/m1/s1. The summed E-state index contributed by atoms with van der Waals surface area (Å²) in [6.45, 7) is 6.11. The molecule has 0 saturated heterocycles. The van der Waals surface area contributed by atoms with Gasteiger partial charge >= 0.3 is 0 Å². The number of imide groups is 1. The number of hydrogen-bond acceptors (Lipinski definition) is 3. The van der Waals surface area contributed by atoms with Crippen LogP contribution in [-0.2, 0) is 16.6 Å². The number of carbonyl (C=O) groups is 3. The number of hydrogen-bond donors (Lipinski definition) is 0. The van der Waals surface area contributed by atoms with Crippen molar-refractivity contribution in [3.8, 4) is 0 Å². The monoisotopic (exact) mass is 692 g/mol. The minimum atomic E-state index is -1.07. The summed E-state index contributed by atoms with van der Waals surface area (Å²) in [4.78, 5) is 46.2. The smallest absolute Gasteiger partial charge is 0.262 e. The Hall–Kier alpha value is -6.33. The molecule has 53 heavy (non-hydrogen) atoms. The van der Waals surface area contributed by atoms with E-state index in [4.69, 9.17) is 0 Å². The Bertz CT molecular complexity index is 2230. The van der Waals surface area contributed by atoms with Crippen molar-refractivity contribution in [3.05, 3.63) is 214 Å². The lowest BCUT2D eigenvalue weighted by Crippen LogP contribution is -2.58. The van der Waals surface area contributed by atoms with Gasteiger partial charge in [-0.15, -0.1) is 0 Å². The van der Waals surface area contributed by atoms with Crippen molar-refractivity contribution >= 4 is 29.0 Å². The van der Waals surface area contributed by atoms with E-state index in [9.17, 15) is 9.59 Å². The third-order valence-corrected chi connectivity index (χ3v) is 10.8. The first-order chi connectivity index (χ1) is 25.7. The van der Waals surface area contributed by atoms with E-state index in [1.807, 2.05) is 68.4 Å². The Balaban J connectivity index is 1.31. The molecule has 5 heteroatoms. The molecule has 0 unspecified atom stereocenters. The van der Waals surface area contributed by atoms with Crippen molar-refractivity contribution in [1.29, 1.82) is 0 Å². The van der Waals surface area contributed by atoms with E-state index < -0.39 is 28.8 Å². The molecule has 0 radical (unpaired) electrons. The molecule has 2 aliphatic heterocycles. The number of benzene rings is 6. The van der Waals surface area contributed by atoms with E-state index in [0.29, 0.717) is 11.1 Å². The number of nitrogens with zero attached hydrogens (tertiary/aromatic N) is 2. The lowest BCUT2D eigenvalue weighted by molar-refractivity contribution is -0.123. The van der Waals surface area contributed by atoms with Crippen LogP contribution in [-0.4, -0.2) is 34.2 Å². The van der Waals surface area contributed by atoms with Gasteiger partial charge in [0.25, 0.3) is 17.7 Å². The Labute approximate surface area is 310 Å². The van der Waals surface area contributed by atoms with Crippen molar-refractivity contribution in [3.63, 3.8) is 0 Å². The second kappa shape index (κ2) is 13.3. The van der Waals surface area contributed by atoms with E-state index in [1.165, 1.54) is 4.90 Å². The number of fused-ring (bicyclic) bond motifs is 2. The normalized spacial score (nSPS) is 15.4. The number of carbonyl (C=O) groups excluding carboxylic acids is 3. The first kappa shape index (κ1) is 33.8. The molecule has 3 amide bonds. The fourth-order valence-electron chi connectivity index (χ4n) is 8.50. The minimum Gasteiger partial charge on any atom is -0.301 e. The van der Waals surface area contributed by atoms with Gasteiger partial charge in [0, 0.05) is 12.0 Å². The maximum Gasteiger partial charge on any atom is 0.262 e. The minimum absolute atomic E-state index is 0.187. The Kier molecular flexibility index (Phi) is 8.50. The number of rotatable bonds is 8. The third-order valence-electron chi connectivity index (χ3n) is 10.8. The number of amides is 3. The maximum absolute atomic E-state index is 15.3. The van der Waals surface area contributed by atoms with Crippen LogP contribution in [0.2, 0.25) is 0 Å². The fraction of sp³-hybridized carbons (Fsp3) is 0.146. The van der Waals surface area contributed by atoms with Gasteiger partial charge < -0.3 is 4.90 Å². The molecule has 2 heterocycles. The van der Waals surface area contributed by atoms with Crippen molar-refractivity contribution in [1.82, 2.24) is 4.90 Å². The van der Waals surface area contributed by atoms with Gasteiger partial charge in [-0.3, -0.25) is 19.3 Å². The quantitative estimate of drug-likeness (QED) is 0.118. The molecule has 6 aromatic rings. The number of anilines is 1. The topological polar surface area (TPSA) is 57.7 Å². The molecule has 0 saturated carbocycles. The molecule has 0 fully saturated rings. The maximum atomic E-state index is 15.3. The van der Waals surface area contributed by atoms with Crippen molar-refractivity contribution in [2.75, 3.05) is 4.90 Å². The molecule has 5 nitrogen and oxygen atoms in total. The van der Waals surface area contributed by atoms with Crippen LogP contribution in [0.3, 0.4) is 0 Å². The molecule has 0 aromatic heterocycles. The van der Waals surface area contributed by atoms with Crippen molar-refractivity contribution < 1.29 is 14.4 Å². The van der Waals surface area contributed by atoms with Crippen LogP contribution in [0.25, 0.3) is 5.57 Å². The van der Waals surface area contributed by atoms with Gasteiger partial charge in [-0.2, -0.15) is 0 Å². The third kappa shape index (κ3) is 5.60. The van der Waals surface area contributed by atoms with Crippen LogP contribution in [0, 0.1) is 0 Å². The van der Waals surface area contributed by atoms with Gasteiger partial charge in [0.2, 0.25) is 0 Å². The van der Waals surface area contributed by atoms with E-state index in [1.54, 1.807) is 29.2 Å².